The lowest BCUT2D eigenvalue weighted by Crippen LogP contribution is -2.30. The van der Waals surface area contributed by atoms with Crippen LogP contribution in [0.2, 0.25) is 0 Å². The molecule has 0 unspecified atom stereocenters. The van der Waals surface area contributed by atoms with Gasteiger partial charge in [0.05, 0.1) is 0 Å². The molecule has 0 fully saturated rings. The summed E-state index contributed by atoms with van der Waals surface area (Å²) in [5, 5.41) is 0. The van der Waals surface area contributed by atoms with Crippen molar-refractivity contribution >= 4 is 6.08 Å². The summed E-state index contributed by atoms with van der Waals surface area (Å²) >= 11 is 0. The quantitative estimate of drug-likeness (QED) is 0.681. The summed E-state index contributed by atoms with van der Waals surface area (Å²) in [7, 11) is 0. The molecule has 1 aromatic carbocycles. The highest BCUT2D eigenvalue weighted by Crippen LogP contribution is 2.51. The molecule has 0 saturated heterocycles. The minimum atomic E-state index is -4.23. The fraction of sp³-hybridized carbons (Fsp3) is 0.286. The highest BCUT2D eigenvalue weighted by atomic mass is 19.4. The second kappa shape index (κ2) is 4.06. The van der Waals surface area contributed by atoms with Crippen LogP contribution in [0.4, 0.5) is 13.2 Å². The number of benzene rings is 1. The lowest BCUT2D eigenvalue weighted by Gasteiger charge is -2.20. The van der Waals surface area contributed by atoms with E-state index in [4.69, 9.17) is 0 Å². The SMILES string of the molecule is CCC=Cc1ccc(C2(C(F)(F)F)C=C2)cc1. The van der Waals surface area contributed by atoms with E-state index in [0.717, 1.165) is 12.0 Å². The van der Waals surface area contributed by atoms with Gasteiger partial charge >= 0.3 is 6.18 Å². The molecule has 0 spiro atoms. The van der Waals surface area contributed by atoms with E-state index in [1.165, 1.54) is 12.2 Å². The predicted octanol–water partition coefficient (Wildman–Crippen LogP) is 4.48. The lowest BCUT2D eigenvalue weighted by atomic mass is 9.92. The first-order valence-corrected chi connectivity index (χ1v) is 5.54. The van der Waals surface area contributed by atoms with Crippen molar-refractivity contribution in [2.24, 2.45) is 0 Å². The summed E-state index contributed by atoms with van der Waals surface area (Å²) in [4.78, 5) is 0. The van der Waals surface area contributed by atoms with Gasteiger partial charge in [-0.05, 0) is 17.5 Å². The maximum Gasteiger partial charge on any atom is 0.405 e. The van der Waals surface area contributed by atoms with E-state index < -0.39 is 11.6 Å². The minimum Gasteiger partial charge on any atom is -0.169 e. The van der Waals surface area contributed by atoms with Crippen LogP contribution in [-0.2, 0) is 5.41 Å². The first kappa shape index (κ1) is 12.0. The molecule has 2 rings (SSSR count). The molecule has 90 valence electrons. The molecule has 3 heteroatoms. The molecule has 17 heavy (non-hydrogen) atoms. The van der Waals surface area contributed by atoms with Crippen LogP contribution in [0.3, 0.4) is 0 Å². The van der Waals surface area contributed by atoms with Crippen molar-refractivity contribution in [2.45, 2.75) is 24.9 Å². The molecule has 1 aromatic rings. The molecule has 1 aliphatic rings. The molecule has 0 radical (unpaired) electrons. The molecule has 0 aromatic heterocycles. The first-order valence-electron chi connectivity index (χ1n) is 5.54. The standard InChI is InChI=1S/C14H13F3/c1-2-3-4-11-5-7-12(8-6-11)13(9-10-13)14(15,16)17/h3-10H,2H2,1H3. The van der Waals surface area contributed by atoms with Crippen molar-refractivity contribution in [3.8, 4) is 0 Å². The van der Waals surface area contributed by atoms with Gasteiger partial charge in [-0.15, -0.1) is 0 Å². The summed E-state index contributed by atoms with van der Waals surface area (Å²) in [6.45, 7) is 2.01. The fourth-order valence-electron chi connectivity index (χ4n) is 1.75. The normalized spacial score (nSPS) is 17.6. The Morgan fingerprint density at radius 1 is 1.12 bits per heavy atom. The van der Waals surface area contributed by atoms with Crippen LogP contribution >= 0.6 is 0 Å². The number of alkyl halides is 3. The summed E-state index contributed by atoms with van der Waals surface area (Å²) in [6, 6.07) is 6.52. The summed E-state index contributed by atoms with van der Waals surface area (Å²) in [5.41, 5.74) is -0.591. The zero-order valence-corrected chi connectivity index (χ0v) is 9.46. The Kier molecular flexibility index (Phi) is 2.86. The third-order valence-corrected chi connectivity index (χ3v) is 2.90. The van der Waals surface area contributed by atoms with Crippen LogP contribution in [-0.4, -0.2) is 6.18 Å². The lowest BCUT2D eigenvalue weighted by molar-refractivity contribution is -0.153. The molecule has 1 aliphatic carbocycles. The van der Waals surface area contributed by atoms with Gasteiger partial charge in [0.25, 0.3) is 0 Å². The van der Waals surface area contributed by atoms with Gasteiger partial charge < -0.3 is 0 Å². The fourth-order valence-corrected chi connectivity index (χ4v) is 1.75. The van der Waals surface area contributed by atoms with Gasteiger partial charge in [0, 0.05) is 0 Å². The number of hydrogen-bond acceptors (Lipinski definition) is 0. The molecule has 0 atom stereocenters. The van der Waals surface area contributed by atoms with Crippen LogP contribution in [0.15, 0.2) is 42.5 Å². The van der Waals surface area contributed by atoms with Crippen molar-refractivity contribution in [2.75, 3.05) is 0 Å². The van der Waals surface area contributed by atoms with Crippen LogP contribution in [0.25, 0.3) is 6.08 Å². The topological polar surface area (TPSA) is 0 Å². The molecule has 0 amide bonds. The Bertz CT molecular complexity index is 443. The largest absolute Gasteiger partial charge is 0.405 e. The Hall–Kier alpha value is -1.51. The van der Waals surface area contributed by atoms with Crippen LogP contribution in [0.5, 0.6) is 0 Å². The van der Waals surface area contributed by atoms with Crippen molar-refractivity contribution in [3.05, 3.63) is 53.6 Å². The second-order valence-electron chi connectivity index (χ2n) is 4.13. The van der Waals surface area contributed by atoms with Crippen LogP contribution < -0.4 is 0 Å². The van der Waals surface area contributed by atoms with Crippen molar-refractivity contribution in [1.82, 2.24) is 0 Å². The van der Waals surface area contributed by atoms with Gasteiger partial charge in [-0.3, -0.25) is 0 Å². The molecule has 0 bridgehead atoms. The third-order valence-electron chi connectivity index (χ3n) is 2.90. The molecule has 0 aliphatic heterocycles. The molecular weight excluding hydrogens is 225 g/mol. The van der Waals surface area contributed by atoms with E-state index in [1.54, 1.807) is 24.3 Å². The Morgan fingerprint density at radius 3 is 2.12 bits per heavy atom. The Labute approximate surface area is 98.5 Å². The monoisotopic (exact) mass is 238 g/mol. The van der Waals surface area contributed by atoms with E-state index >= 15 is 0 Å². The van der Waals surface area contributed by atoms with Crippen LogP contribution in [0.1, 0.15) is 24.5 Å². The average molecular weight is 238 g/mol. The molecular formula is C14H13F3. The first-order chi connectivity index (χ1) is 7.99. The maximum absolute atomic E-state index is 12.8. The summed E-state index contributed by atoms with van der Waals surface area (Å²) in [5.74, 6) is 0. The molecule has 0 heterocycles. The molecule has 0 N–H and O–H groups in total. The van der Waals surface area contributed by atoms with Crippen molar-refractivity contribution < 1.29 is 13.2 Å². The Balaban J connectivity index is 2.22. The molecule has 0 saturated carbocycles. The van der Waals surface area contributed by atoms with Crippen LogP contribution in [0, 0.1) is 0 Å². The Morgan fingerprint density at radius 2 is 1.71 bits per heavy atom. The number of rotatable bonds is 3. The highest BCUT2D eigenvalue weighted by molar-refractivity contribution is 5.55. The number of hydrogen-bond donors (Lipinski definition) is 0. The average Bonchev–Trinajstić information content (AvgIpc) is 3.07. The van der Waals surface area contributed by atoms with E-state index in [9.17, 15) is 13.2 Å². The number of halogens is 3. The second-order valence-corrected chi connectivity index (χ2v) is 4.13. The molecule has 0 nitrogen and oxygen atoms in total. The van der Waals surface area contributed by atoms with Gasteiger partial charge in [-0.25, -0.2) is 0 Å². The highest BCUT2D eigenvalue weighted by Gasteiger charge is 2.58. The zero-order chi connectivity index (χ0) is 12.5. The summed E-state index contributed by atoms with van der Waals surface area (Å²) < 4.78 is 38.4. The van der Waals surface area contributed by atoms with Gasteiger partial charge in [0.2, 0.25) is 0 Å². The van der Waals surface area contributed by atoms with Gasteiger partial charge in [-0.1, -0.05) is 55.5 Å². The van der Waals surface area contributed by atoms with E-state index in [0.29, 0.717) is 5.56 Å². The predicted molar refractivity (Wildman–Crippen MR) is 62.6 cm³/mol. The third kappa shape index (κ3) is 2.14. The van der Waals surface area contributed by atoms with Gasteiger partial charge in [-0.2, -0.15) is 13.2 Å². The van der Waals surface area contributed by atoms with E-state index in [-0.39, 0.29) is 0 Å². The number of allylic oxidation sites excluding steroid dienone is 3. The van der Waals surface area contributed by atoms with E-state index in [2.05, 4.69) is 0 Å². The zero-order valence-electron chi connectivity index (χ0n) is 9.46. The smallest absolute Gasteiger partial charge is 0.169 e. The minimum absolute atomic E-state index is 0.290. The summed E-state index contributed by atoms with van der Waals surface area (Å²) in [6.07, 6.45) is 2.96. The van der Waals surface area contributed by atoms with Crippen molar-refractivity contribution in [1.29, 1.82) is 0 Å². The van der Waals surface area contributed by atoms with E-state index in [1.807, 2.05) is 19.1 Å². The maximum atomic E-state index is 12.8. The van der Waals surface area contributed by atoms with Gasteiger partial charge in [0.1, 0.15) is 5.41 Å². The van der Waals surface area contributed by atoms with Gasteiger partial charge in [0.15, 0.2) is 0 Å². The van der Waals surface area contributed by atoms with Crippen molar-refractivity contribution in [3.63, 3.8) is 0 Å².